The number of halogens is 2. The molecule has 104 valence electrons. The SMILES string of the molecule is NC(c1cc(Cl)cc(Cl)c1)c1ccccc1C1CCC1. The van der Waals surface area contributed by atoms with Crippen molar-refractivity contribution in [2.75, 3.05) is 0 Å². The van der Waals surface area contributed by atoms with E-state index < -0.39 is 0 Å². The third kappa shape index (κ3) is 2.71. The zero-order chi connectivity index (χ0) is 14.1. The van der Waals surface area contributed by atoms with E-state index in [1.165, 1.54) is 30.4 Å². The summed E-state index contributed by atoms with van der Waals surface area (Å²) < 4.78 is 0. The van der Waals surface area contributed by atoms with Crippen LogP contribution in [0.3, 0.4) is 0 Å². The van der Waals surface area contributed by atoms with Crippen LogP contribution in [0.1, 0.15) is 47.9 Å². The van der Waals surface area contributed by atoms with Crippen LogP contribution < -0.4 is 5.73 Å². The first-order valence-electron chi connectivity index (χ1n) is 6.95. The van der Waals surface area contributed by atoms with Gasteiger partial charge >= 0.3 is 0 Å². The highest BCUT2D eigenvalue weighted by Gasteiger charge is 2.24. The molecule has 1 aliphatic rings. The third-order valence-electron chi connectivity index (χ3n) is 4.12. The van der Waals surface area contributed by atoms with Crippen molar-refractivity contribution in [2.45, 2.75) is 31.2 Å². The highest BCUT2D eigenvalue weighted by molar-refractivity contribution is 6.34. The Balaban J connectivity index is 1.99. The van der Waals surface area contributed by atoms with Crippen LogP contribution in [0.25, 0.3) is 0 Å². The zero-order valence-electron chi connectivity index (χ0n) is 11.2. The van der Waals surface area contributed by atoms with Crippen LogP contribution >= 0.6 is 23.2 Å². The van der Waals surface area contributed by atoms with Gasteiger partial charge in [-0.2, -0.15) is 0 Å². The van der Waals surface area contributed by atoms with Crippen LogP contribution in [0.4, 0.5) is 0 Å². The normalized spacial score (nSPS) is 16.8. The molecule has 1 unspecified atom stereocenters. The number of hydrogen-bond donors (Lipinski definition) is 1. The second kappa shape index (κ2) is 5.77. The summed E-state index contributed by atoms with van der Waals surface area (Å²) in [5, 5.41) is 1.26. The van der Waals surface area contributed by atoms with E-state index >= 15 is 0 Å². The summed E-state index contributed by atoms with van der Waals surface area (Å²) in [5.74, 6) is 0.659. The third-order valence-corrected chi connectivity index (χ3v) is 4.56. The molecule has 3 heteroatoms. The van der Waals surface area contributed by atoms with E-state index in [0.29, 0.717) is 16.0 Å². The highest BCUT2D eigenvalue weighted by atomic mass is 35.5. The number of hydrogen-bond acceptors (Lipinski definition) is 1. The van der Waals surface area contributed by atoms with Crippen molar-refractivity contribution < 1.29 is 0 Å². The van der Waals surface area contributed by atoms with E-state index in [-0.39, 0.29) is 6.04 Å². The Kier molecular flexibility index (Phi) is 4.02. The first-order valence-corrected chi connectivity index (χ1v) is 7.71. The predicted molar refractivity (Wildman–Crippen MR) is 85.5 cm³/mol. The molecular formula is C17H17Cl2N. The monoisotopic (exact) mass is 305 g/mol. The number of nitrogens with two attached hydrogens (primary N) is 1. The van der Waals surface area contributed by atoms with Gasteiger partial charge in [0.2, 0.25) is 0 Å². The first-order chi connectivity index (χ1) is 9.65. The van der Waals surface area contributed by atoms with E-state index in [1.807, 2.05) is 18.2 Å². The summed E-state index contributed by atoms with van der Waals surface area (Å²) in [6.07, 6.45) is 3.84. The molecule has 2 aromatic rings. The minimum absolute atomic E-state index is 0.178. The maximum atomic E-state index is 6.45. The van der Waals surface area contributed by atoms with Gasteiger partial charge in [0.15, 0.2) is 0 Å². The molecule has 1 fully saturated rings. The number of rotatable bonds is 3. The predicted octanol–water partition coefficient (Wildman–Crippen LogP) is 5.31. The Morgan fingerprint density at radius 3 is 2.25 bits per heavy atom. The van der Waals surface area contributed by atoms with Gasteiger partial charge in [-0.25, -0.2) is 0 Å². The number of benzene rings is 2. The Bertz CT molecular complexity index is 600. The lowest BCUT2D eigenvalue weighted by atomic mass is 9.76. The Morgan fingerprint density at radius 2 is 1.65 bits per heavy atom. The van der Waals surface area contributed by atoms with E-state index in [4.69, 9.17) is 28.9 Å². The molecule has 0 spiro atoms. The maximum absolute atomic E-state index is 6.45. The topological polar surface area (TPSA) is 26.0 Å². The molecule has 0 aromatic heterocycles. The molecule has 0 heterocycles. The summed E-state index contributed by atoms with van der Waals surface area (Å²) in [6.45, 7) is 0. The van der Waals surface area contributed by atoms with Crippen molar-refractivity contribution in [3.05, 3.63) is 69.2 Å². The van der Waals surface area contributed by atoms with Crippen LogP contribution in [-0.4, -0.2) is 0 Å². The van der Waals surface area contributed by atoms with Gasteiger partial charge < -0.3 is 5.73 Å². The van der Waals surface area contributed by atoms with Gasteiger partial charge in [0.05, 0.1) is 6.04 Å². The molecule has 0 radical (unpaired) electrons. The van der Waals surface area contributed by atoms with Crippen molar-refractivity contribution in [2.24, 2.45) is 5.73 Å². The summed E-state index contributed by atoms with van der Waals surface area (Å²) in [5.41, 5.74) is 9.99. The minimum atomic E-state index is -0.178. The van der Waals surface area contributed by atoms with Crippen LogP contribution in [0.5, 0.6) is 0 Å². The minimum Gasteiger partial charge on any atom is -0.320 e. The molecule has 1 aliphatic carbocycles. The highest BCUT2D eigenvalue weighted by Crippen LogP contribution is 2.40. The molecule has 2 aromatic carbocycles. The van der Waals surface area contributed by atoms with E-state index in [9.17, 15) is 0 Å². The van der Waals surface area contributed by atoms with Crippen molar-refractivity contribution in [1.29, 1.82) is 0 Å². The van der Waals surface area contributed by atoms with Crippen LogP contribution in [0.15, 0.2) is 42.5 Å². The van der Waals surface area contributed by atoms with Gasteiger partial charge in [-0.15, -0.1) is 0 Å². The van der Waals surface area contributed by atoms with Crippen molar-refractivity contribution in [1.82, 2.24) is 0 Å². The molecular weight excluding hydrogens is 289 g/mol. The van der Waals surface area contributed by atoms with E-state index in [0.717, 1.165) is 5.56 Å². The van der Waals surface area contributed by atoms with E-state index in [1.54, 1.807) is 6.07 Å². The molecule has 0 bridgehead atoms. The van der Waals surface area contributed by atoms with Gasteiger partial charge in [0.1, 0.15) is 0 Å². The zero-order valence-corrected chi connectivity index (χ0v) is 12.7. The lowest BCUT2D eigenvalue weighted by Crippen LogP contribution is -2.18. The average Bonchev–Trinajstić information content (AvgIpc) is 2.35. The first kappa shape index (κ1) is 13.9. The Morgan fingerprint density at radius 1 is 1.00 bits per heavy atom. The summed E-state index contributed by atoms with van der Waals surface area (Å²) in [7, 11) is 0. The van der Waals surface area contributed by atoms with Crippen LogP contribution in [0.2, 0.25) is 10.0 Å². The fourth-order valence-electron chi connectivity index (χ4n) is 2.82. The van der Waals surface area contributed by atoms with Crippen molar-refractivity contribution in [3.63, 3.8) is 0 Å². The van der Waals surface area contributed by atoms with Crippen LogP contribution in [0, 0.1) is 0 Å². The molecule has 0 saturated heterocycles. The smallest absolute Gasteiger partial charge is 0.0555 e. The van der Waals surface area contributed by atoms with Gasteiger partial charge in [-0.1, -0.05) is 53.9 Å². The summed E-state index contributed by atoms with van der Waals surface area (Å²) in [6, 6.07) is 13.8. The molecule has 20 heavy (non-hydrogen) atoms. The van der Waals surface area contributed by atoms with Gasteiger partial charge in [0, 0.05) is 10.0 Å². The van der Waals surface area contributed by atoms with Gasteiger partial charge in [-0.3, -0.25) is 0 Å². The van der Waals surface area contributed by atoms with Crippen molar-refractivity contribution >= 4 is 23.2 Å². The van der Waals surface area contributed by atoms with Crippen molar-refractivity contribution in [3.8, 4) is 0 Å². The second-order valence-corrected chi connectivity index (χ2v) is 6.31. The fourth-order valence-corrected chi connectivity index (χ4v) is 3.36. The molecule has 3 rings (SSSR count). The largest absolute Gasteiger partial charge is 0.320 e. The quantitative estimate of drug-likeness (QED) is 0.817. The molecule has 0 aliphatic heterocycles. The molecule has 1 atom stereocenters. The van der Waals surface area contributed by atoms with E-state index in [2.05, 4.69) is 18.2 Å². The van der Waals surface area contributed by atoms with Gasteiger partial charge in [-0.05, 0) is 53.6 Å². The molecule has 1 nitrogen and oxygen atoms in total. The molecule has 2 N–H and O–H groups in total. The lowest BCUT2D eigenvalue weighted by molar-refractivity contribution is 0.416. The summed E-state index contributed by atoms with van der Waals surface area (Å²) >= 11 is 12.2. The second-order valence-electron chi connectivity index (χ2n) is 5.44. The Labute approximate surface area is 129 Å². The molecule has 0 amide bonds. The Hall–Kier alpha value is -1.02. The average molecular weight is 306 g/mol. The molecule has 1 saturated carbocycles. The standard InChI is InChI=1S/C17H17Cl2N/c18-13-8-12(9-14(19)10-13)17(20)16-7-2-1-6-15(16)11-4-3-5-11/h1-2,6-11,17H,3-5,20H2. The van der Waals surface area contributed by atoms with Crippen LogP contribution in [-0.2, 0) is 0 Å². The lowest BCUT2D eigenvalue weighted by Gasteiger charge is -2.29. The summed E-state index contributed by atoms with van der Waals surface area (Å²) in [4.78, 5) is 0. The van der Waals surface area contributed by atoms with Gasteiger partial charge in [0.25, 0.3) is 0 Å². The fraction of sp³-hybridized carbons (Fsp3) is 0.294. The maximum Gasteiger partial charge on any atom is 0.0555 e.